The van der Waals surface area contributed by atoms with Gasteiger partial charge in [-0.15, -0.1) is 0 Å². The van der Waals surface area contributed by atoms with Crippen molar-refractivity contribution in [2.75, 3.05) is 6.54 Å². The van der Waals surface area contributed by atoms with Crippen molar-refractivity contribution in [2.45, 2.75) is 45.6 Å². The second-order valence-electron chi connectivity index (χ2n) is 7.58. The Bertz CT molecular complexity index is 762. The van der Waals surface area contributed by atoms with Gasteiger partial charge in [-0.2, -0.15) is 0 Å². The quantitative estimate of drug-likeness (QED) is 0.405. The minimum Gasteiger partial charge on any atom is -0.358 e. The van der Waals surface area contributed by atoms with Crippen LogP contribution in [0.2, 0.25) is 0 Å². The number of imide groups is 1. The Morgan fingerprint density at radius 3 is 2.39 bits per heavy atom. The number of benzene rings is 1. The molecule has 0 unspecified atom stereocenters. The molecule has 1 saturated carbocycles. The molecule has 7 nitrogen and oxygen atoms in total. The zero-order chi connectivity index (χ0) is 20.3. The van der Waals surface area contributed by atoms with Gasteiger partial charge in [-0.3, -0.25) is 30.1 Å². The molecule has 1 aromatic carbocycles. The zero-order valence-corrected chi connectivity index (χ0v) is 17.0. The lowest BCUT2D eigenvalue weighted by Gasteiger charge is -2.35. The van der Waals surface area contributed by atoms with Gasteiger partial charge in [-0.05, 0) is 42.6 Å². The van der Waals surface area contributed by atoms with Crippen molar-refractivity contribution in [2.24, 2.45) is 11.8 Å². The first kappa shape index (κ1) is 20.3. The molecule has 1 heterocycles. The molecule has 150 valence electrons. The van der Waals surface area contributed by atoms with Crippen LogP contribution in [-0.2, 0) is 4.79 Å². The van der Waals surface area contributed by atoms with E-state index in [-0.39, 0.29) is 30.7 Å². The Hall–Kier alpha value is -2.48. The topological polar surface area (TPSA) is 90.5 Å². The van der Waals surface area contributed by atoms with Gasteiger partial charge in [0.05, 0.1) is 11.1 Å². The van der Waals surface area contributed by atoms with E-state index in [4.69, 9.17) is 12.2 Å². The summed E-state index contributed by atoms with van der Waals surface area (Å²) in [5, 5.41) is 3.64. The lowest BCUT2D eigenvalue weighted by Crippen LogP contribution is -2.52. The Morgan fingerprint density at radius 1 is 1.11 bits per heavy atom. The summed E-state index contributed by atoms with van der Waals surface area (Å²) in [7, 11) is 0. The zero-order valence-electron chi connectivity index (χ0n) is 16.2. The van der Waals surface area contributed by atoms with Gasteiger partial charge in [-0.25, -0.2) is 0 Å². The minimum atomic E-state index is -0.362. The van der Waals surface area contributed by atoms with Crippen molar-refractivity contribution in [1.29, 1.82) is 0 Å². The number of nitrogens with zero attached hydrogens (tertiary/aromatic N) is 1. The maximum Gasteiger partial charge on any atom is 0.261 e. The van der Waals surface area contributed by atoms with E-state index < -0.39 is 0 Å². The lowest BCUT2D eigenvalue weighted by molar-refractivity contribution is -0.121. The van der Waals surface area contributed by atoms with E-state index in [0.29, 0.717) is 34.1 Å². The summed E-state index contributed by atoms with van der Waals surface area (Å²) in [5.41, 5.74) is 6.01. The third-order valence-corrected chi connectivity index (χ3v) is 6.00. The van der Waals surface area contributed by atoms with E-state index in [0.717, 1.165) is 11.3 Å². The average molecular weight is 403 g/mol. The molecule has 3 amide bonds. The van der Waals surface area contributed by atoms with Crippen LogP contribution >= 0.6 is 12.2 Å². The standard InChI is InChI=1S/C20H26N4O3S/c1-12-6-5-9-16(13(12)2)21-20(28)23-22-17(25)10-11-24-18(26)14-7-3-4-8-15(14)19(24)27/h3-4,7-8,12-13,16H,5-6,9-11H2,1-2H3,(H,22,25)(H2,21,23,28)/t12-,13-,16+/m1/s1. The molecular formula is C20H26N4O3S. The van der Waals surface area contributed by atoms with Crippen LogP contribution < -0.4 is 16.2 Å². The molecule has 8 heteroatoms. The summed E-state index contributed by atoms with van der Waals surface area (Å²) >= 11 is 5.27. The fraction of sp³-hybridized carbons (Fsp3) is 0.500. The van der Waals surface area contributed by atoms with Crippen LogP contribution in [0.15, 0.2) is 24.3 Å². The van der Waals surface area contributed by atoms with Crippen LogP contribution in [0.1, 0.15) is 60.2 Å². The van der Waals surface area contributed by atoms with Gasteiger partial charge in [0.2, 0.25) is 5.91 Å². The highest BCUT2D eigenvalue weighted by atomic mass is 32.1. The number of hydrogen-bond acceptors (Lipinski definition) is 4. The number of rotatable bonds is 4. The molecule has 0 spiro atoms. The molecule has 28 heavy (non-hydrogen) atoms. The van der Waals surface area contributed by atoms with Gasteiger partial charge in [-0.1, -0.05) is 38.8 Å². The molecule has 0 radical (unpaired) electrons. The van der Waals surface area contributed by atoms with Crippen LogP contribution in [-0.4, -0.2) is 40.3 Å². The number of thiocarbonyl (C=S) groups is 1. The number of carbonyl (C=O) groups is 3. The number of amides is 3. The summed E-state index contributed by atoms with van der Waals surface area (Å²) in [4.78, 5) is 37.8. The molecule has 1 fully saturated rings. The molecule has 1 aliphatic heterocycles. The van der Waals surface area contributed by atoms with Crippen LogP contribution in [0.3, 0.4) is 0 Å². The van der Waals surface area contributed by atoms with E-state index in [1.165, 1.54) is 12.8 Å². The SMILES string of the molecule is C[C@@H]1[C@H](C)CCC[C@@H]1NC(=S)NNC(=O)CCN1C(=O)c2ccccc2C1=O. The van der Waals surface area contributed by atoms with Gasteiger partial charge in [0.1, 0.15) is 0 Å². The van der Waals surface area contributed by atoms with Gasteiger partial charge in [0, 0.05) is 19.0 Å². The van der Waals surface area contributed by atoms with E-state index in [2.05, 4.69) is 30.0 Å². The Kier molecular flexibility index (Phi) is 6.28. The van der Waals surface area contributed by atoms with Crippen molar-refractivity contribution in [1.82, 2.24) is 21.1 Å². The Labute approximate surface area is 170 Å². The summed E-state index contributed by atoms with van der Waals surface area (Å²) in [6, 6.07) is 6.96. The second kappa shape index (κ2) is 8.68. The summed E-state index contributed by atoms with van der Waals surface area (Å²) in [6.45, 7) is 4.48. The van der Waals surface area contributed by atoms with Crippen molar-refractivity contribution in [3.05, 3.63) is 35.4 Å². The first-order valence-corrected chi connectivity index (χ1v) is 10.1. The normalized spacial score (nSPS) is 23.9. The number of hydrogen-bond donors (Lipinski definition) is 3. The largest absolute Gasteiger partial charge is 0.358 e. The molecule has 3 rings (SSSR count). The van der Waals surface area contributed by atoms with E-state index in [1.54, 1.807) is 24.3 Å². The van der Waals surface area contributed by atoms with Crippen LogP contribution in [0, 0.1) is 11.8 Å². The maximum atomic E-state index is 12.3. The maximum absolute atomic E-state index is 12.3. The molecular weight excluding hydrogens is 376 g/mol. The highest BCUT2D eigenvalue weighted by molar-refractivity contribution is 7.80. The molecule has 1 aliphatic carbocycles. The van der Waals surface area contributed by atoms with Crippen LogP contribution in [0.5, 0.6) is 0 Å². The van der Waals surface area contributed by atoms with Crippen LogP contribution in [0.4, 0.5) is 0 Å². The predicted octanol–water partition coefficient (Wildman–Crippen LogP) is 1.99. The summed E-state index contributed by atoms with van der Waals surface area (Å²) in [5.74, 6) is 0.0880. The highest BCUT2D eigenvalue weighted by Gasteiger charge is 2.35. The Morgan fingerprint density at radius 2 is 1.75 bits per heavy atom. The Balaban J connectivity index is 1.42. The van der Waals surface area contributed by atoms with Gasteiger partial charge in [0.25, 0.3) is 11.8 Å². The van der Waals surface area contributed by atoms with Crippen molar-refractivity contribution >= 4 is 35.1 Å². The molecule has 2 aliphatic rings. The third-order valence-electron chi connectivity index (χ3n) is 5.78. The summed E-state index contributed by atoms with van der Waals surface area (Å²) < 4.78 is 0. The van der Waals surface area contributed by atoms with Gasteiger partial charge in [0.15, 0.2) is 5.11 Å². The van der Waals surface area contributed by atoms with Crippen LogP contribution in [0.25, 0.3) is 0 Å². The molecule has 1 aromatic rings. The second-order valence-corrected chi connectivity index (χ2v) is 7.99. The average Bonchev–Trinajstić information content (AvgIpc) is 2.93. The molecule has 0 bridgehead atoms. The lowest BCUT2D eigenvalue weighted by atomic mass is 9.78. The fourth-order valence-corrected chi connectivity index (χ4v) is 4.04. The monoisotopic (exact) mass is 402 g/mol. The molecule has 3 atom stereocenters. The first-order chi connectivity index (χ1) is 13.4. The predicted molar refractivity (Wildman–Crippen MR) is 109 cm³/mol. The van der Waals surface area contributed by atoms with Gasteiger partial charge >= 0.3 is 0 Å². The third kappa shape index (κ3) is 4.32. The van der Waals surface area contributed by atoms with Crippen molar-refractivity contribution < 1.29 is 14.4 Å². The molecule has 0 saturated heterocycles. The van der Waals surface area contributed by atoms with E-state index >= 15 is 0 Å². The van der Waals surface area contributed by atoms with E-state index in [1.807, 2.05) is 0 Å². The van der Waals surface area contributed by atoms with E-state index in [9.17, 15) is 14.4 Å². The van der Waals surface area contributed by atoms with Gasteiger partial charge < -0.3 is 5.32 Å². The van der Waals surface area contributed by atoms with Crippen molar-refractivity contribution in [3.8, 4) is 0 Å². The number of hydrazine groups is 1. The molecule has 0 aromatic heterocycles. The first-order valence-electron chi connectivity index (χ1n) is 9.69. The highest BCUT2D eigenvalue weighted by Crippen LogP contribution is 2.29. The number of carbonyl (C=O) groups excluding carboxylic acids is 3. The smallest absolute Gasteiger partial charge is 0.261 e. The minimum absolute atomic E-state index is 0.00204. The number of nitrogens with one attached hydrogen (secondary N) is 3. The fourth-order valence-electron chi connectivity index (χ4n) is 3.83. The summed E-state index contributed by atoms with van der Waals surface area (Å²) in [6.07, 6.45) is 3.45. The van der Waals surface area contributed by atoms with Crippen molar-refractivity contribution in [3.63, 3.8) is 0 Å². The number of fused-ring (bicyclic) bond motifs is 1. The molecule has 3 N–H and O–H groups in total.